The van der Waals surface area contributed by atoms with Crippen molar-refractivity contribution in [2.24, 2.45) is 5.92 Å². The minimum atomic E-state index is -0.0352. The van der Waals surface area contributed by atoms with Crippen molar-refractivity contribution in [2.75, 3.05) is 18.0 Å². The second-order valence-electron chi connectivity index (χ2n) is 7.29. The van der Waals surface area contributed by atoms with Gasteiger partial charge in [-0.2, -0.15) is 0 Å². The molecule has 1 saturated heterocycles. The molecule has 1 aliphatic heterocycles. The molecule has 1 fully saturated rings. The van der Waals surface area contributed by atoms with Crippen LogP contribution in [0.5, 0.6) is 0 Å². The van der Waals surface area contributed by atoms with E-state index in [0.717, 1.165) is 47.5 Å². The highest BCUT2D eigenvalue weighted by atomic mass is 16.1. The van der Waals surface area contributed by atoms with Crippen LogP contribution < -0.4 is 10.2 Å². The third-order valence-electron chi connectivity index (χ3n) is 5.27. The number of nitrogens with zero attached hydrogens (tertiary/aromatic N) is 5. The fraction of sp³-hybridized carbons (Fsp3) is 0.381. The number of pyridine rings is 2. The largest absolute Gasteiger partial charge is 0.369 e. The maximum absolute atomic E-state index is 12.6. The number of aromatic nitrogens is 4. The lowest BCUT2D eigenvalue weighted by atomic mass is 9.96. The lowest BCUT2D eigenvalue weighted by Gasteiger charge is -2.33. The van der Waals surface area contributed by atoms with Crippen molar-refractivity contribution in [3.8, 4) is 0 Å². The van der Waals surface area contributed by atoms with Gasteiger partial charge in [-0.15, -0.1) is 0 Å². The molecule has 1 aliphatic rings. The molecule has 28 heavy (non-hydrogen) atoms. The Hall–Kier alpha value is -3.09. The van der Waals surface area contributed by atoms with Crippen molar-refractivity contribution >= 4 is 22.8 Å². The zero-order chi connectivity index (χ0) is 19.5. The first kappa shape index (κ1) is 18.3. The van der Waals surface area contributed by atoms with Gasteiger partial charge in [0, 0.05) is 32.0 Å². The number of carbonyl (C=O) groups is 1. The van der Waals surface area contributed by atoms with E-state index in [2.05, 4.69) is 30.2 Å². The number of carbonyl (C=O) groups excluding carboxylic acids is 1. The first-order chi connectivity index (χ1) is 13.6. The topological polar surface area (TPSA) is 83.9 Å². The van der Waals surface area contributed by atoms with Crippen LogP contribution in [0, 0.1) is 19.8 Å². The molecule has 7 heteroatoms. The van der Waals surface area contributed by atoms with E-state index in [9.17, 15) is 4.79 Å². The van der Waals surface area contributed by atoms with Crippen LogP contribution >= 0.6 is 0 Å². The molecule has 1 amide bonds. The number of rotatable bonds is 4. The van der Waals surface area contributed by atoms with Gasteiger partial charge in [-0.3, -0.25) is 9.78 Å². The van der Waals surface area contributed by atoms with Crippen molar-refractivity contribution in [1.29, 1.82) is 0 Å². The molecule has 4 rings (SSSR count). The second-order valence-corrected chi connectivity index (χ2v) is 7.29. The average molecular weight is 376 g/mol. The molecule has 0 saturated carbocycles. The average Bonchev–Trinajstić information content (AvgIpc) is 2.73. The summed E-state index contributed by atoms with van der Waals surface area (Å²) in [5.41, 5.74) is 5.27. The minimum Gasteiger partial charge on any atom is -0.369 e. The zero-order valence-corrected chi connectivity index (χ0v) is 16.2. The molecule has 1 N–H and O–H groups in total. The quantitative estimate of drug-likeness (QED) is 0.753. The van der Waals surface area contributed by atoms with E-state index in [1.54, 1.807) is 12.4 Å². The highest BCUT2D eigenvalue weighted by molar-refractivity contribution is 5.80. The van der Waals surface area contributed by atoms with E-state index < -0.39 is 0 Å². The van der Waals surface area contributed by atoms with Gasteiger partial charge < -0.3 is 10.2 Å². The first-order valence-corrected chi connectivity index (χ1v) is 9.63. The smallest absolute Gasteiger partial charge is 0.225 e. The molecule has 144 valence electrons. The van der Waals surface area contributed by atoms with Crippen molar-refractivity contribution in [3.05, 3.63) is 53.7 Å². The Morgan fingerprint density at radius 2 is 2.11 bits per heavy atom. The first-order valence-electron chi connectivity index (χ1n) is 9.63. The van der Waals surface area contributed by atoms with Gasteiger partial charge in [0.2, 0.25) is 5.91 Å². The molecule has 0 radical (unpaired) electrons. The van der Waals surface area contributed by atoms with Crippen molar-refractivity contribution < 1.29 is 4.79 Å². The fourth-order valence-corrected chi connectivity index (χ4v) is 3.54. The van der Waals surface area contributed by atoms with Gasteiger partial charge in [0.15, 0.2) is 5.65 Å². The molecule has 3 aromatic heterocycles. The molecule has 1 atom stereocenters. The van der Waals surface area contributed by atoms with Crippen molar-refractivity contribution in [1.82, 2.24) is 25.3 Å². The Balaban J connectivity index is 1.45. The van der Waals surface area contributed by atoms with E-state index in [1.807, 2.05) is 38.2 Å². The van der Waals surface area contributed by atoms with E-state index in [0.29, 0.717) is 18.7 Å². The van der Waals surface area contributed by atoms with Gasteiger partial charge in [-0.1, -0.05) is 6.07 Å². The number of aryl methyl sites for hydroxylation is 2. The van der Waals surface area contributed by atoms with Crippen molar-refractivity contribution in [3.63, 3.8) is 0 Å². The Morgan fingerprint density at radius 3 is 2.93 bits per heavy atom. The van der Waals surface area contributed by atoms with Gasteiger partial charge in [-0.05, 0) is 44.4 Å². The second kappa shape index (κ2) is 7.88. The predicted octanol–water partition coefficient (Wildman–Crippen LogP) is 2.57. The number of hydrogen-bond acceptors (Lipinski definition) is 6. The van der Waals surface area contributed by atoms with Crippen LogP contribution in [0.15, 0.2) is 36.8 Å². The van der Waals surface area contributed by atoms with Gasteiger partial charge in [-0.25, -0.2) is 15.0 Å². The van der Waals surface area contributed by atoms with E-state index in [1.165, 1.54) is 0 Å². The zero-order valence-electron chi connectivity index (χ0n) is 16.2. The van der Waals surface area contributed by atoms with Crippen LogP contribution in [0.4, 0.5) is 5.69 Å². The van der Waals surface area contributed by atoms with Crippen LogP contribution in [-0.2, 0) is 11.3 Å². The van der Waals surface area contributed by atoms with Gasteiger partial charge in [0.05, 0.1) is 29.2 Å². The SMILES string of the molecule is Cc1nc2cc(N3CCCC(C(=O)NCc4cccnc4)C3)cnc2nc1C. The normalized spacial score (nSPS) is 16.9. The maximum Gasteiger partial charge on any atom is 0.225 e. The van der Waals surface area contributed by atoms with E-state index >= 15 is 0 Å². The van der Waals surface area contributed by atoms with E-state index in [-0.39, 0.29) is 11.8 Å². The number of hydrogen-bond donors (Lipinski definition) is 1. The highest BCUT2D eigenvalue weighted by Gasteiger charge is 2.26. The molecular formula is C21H24N6O. The molecule has 4 heterocycles. The van der Waals surface area contributed by atoms with Crippen molar-refractivity contribution in [2.45, 2.75) is 33.2 Å². The van der Waals surface area contributed by atoms with Gasteiger partial charge in [0.25, 0.3) is 0 Å². The molecule has 1 unspecified atom stereocenters. The van der Waals surface area contributed by atoms with Gasteiger partial charge in [0.1, 0.15) is 5.52 Å². The number of amides is 1. The monoisotopic (exact) mass is 376 g/mol. The lowest BCUT2D eigenvalue weighted by molar-refractivity contribution is -0.125. The fourth-order valence-electron chi connectivity index (χ4n) is 3.54. The number of fused-ring (bicyclic) bond motifs is 1. The summed E-state index contributed by atoms with van der Waals surface area (Å²) < 4.78 is 0. The van der Waals surface area contributed by atoms with Crippen LogP contribution in [0.2, 0.25) is 0 Å². The standard InChI is InChI=1S/C21H24N6O/c1-14-15(2)26-20-19(25-14)9-18(12-23-20)27-8-4-6-17(13-27)21(28)24-11-16-5-3-7-22-10-16/h3,5,7,9-10,12,17H,4,6,8,11,13H2,1-2H3,(H,24,28). The summed E-state index contributed by atoms with van der Waals surface area (Å²) in [6, 6.07) is 5.87. The van der Waals surface area contributed by atoms with Gasteiger partial charge >= 0.3 is 0 Å². The molecule has 0 bridgehead atoms. The molecule has 0 aliphatic carbocycles. The highest BCUT2D eigenvalue weighted by Crippen LogP contribution is 2.25. The summed E-state index contributed by atoms with van der Waals surface area (Å²) >= 11 is 0. The number of piperidine rings is 1. The Bertz CT molecular complexity index is 991. The summed E-state index contributed by atoms with van der Waals surface area (Å²) in [5.74, 6) is 0.0560. The number of nitrogens with one attached hydrogen (secondary N) is 1. The van der Waals surface area contributed by atoms with Crippen LogP contribution in [0.25, 0.3) is 11.2 Å². The Morgan fingerprint density at radius 1 is 1.25 bits per heavy atom. The third-order valence-corrected chi connectivity index (χ3v) is 5.27. The maximum atomic E-state index is 12.6. The summed E-state index contributed by atoms with van der Waals surface area (Å²) in [5, 5.41) is 3.04. The Kier molecular flexibility index (Phi) is 5.14. The van der Waals surface area contributed by atoms with Crippen LogP contribution in [0.1, 0.15) is 29.8 Å². The molecule has 3 aromatic rings. The molecule has 0 spiro atoms. The summed E-state index contributed by atoms with van der Waals surface area (Å²) in [4.78, 5) is 32.5. The predicted molar refractivity (Wildman–Crippen MR) is 108 cm³/mol. The van der Waals surface area contributed by atoms with Crippen LogP contribution in [0.3, 0.4) is 0 Å². The molecule has 7 nitrogen and oxygen atoms in total. The summed E-state index contributed by atoms with van der Waals surface area (Å²) in [7, 11) is 0. The summed E-state index contributed by atoms with van der Waals surface area (Å²) in [6.07, 6.45) is 7.21. The Labute approximate surface area is 164 Å². The van der Waals surface area contributed by atoms with E-state index in [4.69, 9.17) is 0 Å². The summed E-state index contributed by atoms with van der Waals surface area (Å²) in [6.45, 7) is 6.01. The minimum absolute atomic E-state index is 0.0352. The molecule has 0 aromatic carbocycles. The third kappa shape index (κ3) is 3.93. The molecular weight excluding hydrogens is 352 g/mol. The van der Waals surface area contributed by atoms with Crippen LogP contribution in [-0.4, -0.2) is 38.9 Å². The number of anilines is 1. The lowest BCUT2D eigenvalue weighted by Crippen LogP contribution is -2.43.